The van der Waals surface area contributed by atoms with Crippen molar-refractivity contribution in [2.24, 2.45) is 0 Å². The Morgan fingerprint density at radius 3 is 2.67 bits per heavy atom. The molecular weight excluding hydrogens is 290 g/mol. The van der Waals surface area contributed by atoms with Gasteiger partial charge in [-0.3, -0.25) is 4.79 Å². The first-order valence-electron chi connectivity index (χ1n) is 6.50. The smallest absolute Gasteiger partial charge is 0.226 e. The zero-order chi connectivity index (χ0) is 12.5. The first-order valence-corrected chi connectivity index (χ1v) is 7.29. The van der Waals surface area contributed by atoms with Crippen LogP contribution < -0.4 is 0 Å². The van der Waals surface area contributed by atoms with E-state index in [1.807, 2.05) is 4.90 Å². The standard InChI is InChI=1S/C15H16BrNO/c16-13-6-4-11(5-7-13)10-12-8-9-17-14(12)2-1-3-15(17)18/h4-7H,1-3,8-10H2. The first kappa shape index (κ1) is 12.0. The molecule has 0 spiro atoms. The summed E-state index contributed by atoms with van der Waals surface area (Å²) in [4.78, 5) is 13.8. The Bertz CT molecular complexity index is 504. The van der Waals surface area contributed by atoms with Gasteiger partial charge in [0.05, 0.1) is 0 Å². The molecule has 2 aliphatic heterocycles. The lowest BCUT2D eigenvalue weighted by molar-refractivity contribution is -0.130. The van der Waals surface area contributed by atoms with Gasteiger partial charge in [-0.05, 0) is 49.0 Å². The number of fused-ring (bicyclic) bond motifs is 1. The van der Waals surface area contributed by atoms with Crippen LogP contribution in [0.5, 0.6) is 0 Å². The zero-order valence-electron chi connectivity index (χ0n) is 10.3. The summed E-state index contributed by atoms with van der Waals surface area (Å²) in [5, 5.41) is 0. The quantitative estimate of drug-likeness (QED) is 0.816. The van der Waals surface area contributed by atoms with Crippen LogP contribution in [-0.4, -0.2) is 17.4 Å². The van der Waals surface area contributed by atoms with Gasteiger partial charge in [-0.15, -0.1) is 0 Å². The van der Waals surface area contributed by atoms with Gasteiger partial charge in [-0.1, -0.05) is 28.1 Å². The number of amides is 1. The lowest BCUT2D eigenvalue weighted by Gasteiger charge is -2.25. The van der Waals surface area contributed by atoms with E-state index in [1.54, 1.807) is 0 Å². The van der Waals surface area contributed by atoms with Crippen molar-refractivity contribution in [1.82, 2.24) is 4.90 Å². The minimum atomic E-state index is 0.321. The summed E-state index contributed by atoms with van der Waals surface area (Å²) in [5.74, 6) is 0.321. The summed E-state index contributed by atoms with van der Waals surface area (Å²) in [6, 6.07) is 8.48. The molecule has 2 nitrogen and oxygen atoms in total. The van der Waals surface area contributed by atoms with Gasteiger partial charge in [0.15, 0.2) is 0 Å². The molecule has 94 valence electrons. The topological polar surface area (TPSA) is 20.3 Å². The molecule has 2 heterocycles. The molecule has 0 saturated carbocycles. The molecule has 3 heteroatoms. The number of hydrogen-bond donors (Lipinski definition) is 0. The van der Waals surface area contributed by atoms with E-state index in [1.165, 1.54) is 16.8 Å². The van der Waals surface area contributed by atoms with Crippen LogP contribution in [0.2, 0.25) is 0 Å². The second kappa shape index (κ2) is 4.88. The van der Waals surface area contributed by atoms with E-state index >= 15 is 0 Å². The first-order chi connectivity index (χ1) is 8.74. The molecule has 1 saturated heterocycles. The highest BCUT2D eigenvalue weighted by Gasteiger charge is 2.29. The Morgan fingerprint density at radius 1 is 1.11 bits per heavy atom. The molecular formula is C15H16BrNO. The monoisotopic (exact) mass is 305 g/mol. The molecule has 0 aromatic heterocycles. The number of carbonyl (C=O) groups excluding carboxylic acids is 1. The Labute approximate surface area is 116 Å². The third-order valence-electron chi connectivity index (χ3n) is 3.81. The van der Waals surface area contributed by atoms with Crippen molar-refractivity contribution in [2.75, 3.05) is 6.54 Å². The molecule has 0 radical (unpaired) electrons. The molecule has 0 aliphatic carbocycles. The van der Waals surface area contributed by atoms with Crippen molar-refractivity contribution in [3.05, 3.63) is 45.6 Å². The van der Waals surface area contributed by atoms with Gasteiger partial charge in [0.2, 0.25) is 5.91 Å². The largest absolute Gasteiger partial charge is 0.316 e. The fourth-order valence-corrected chi connectivity index (χ4v) is 3.15. The number of hydrogen-bond acceptors (Lipinski definition) is 1. The van der Waals surface area contributed by atoms with E-state index in [0.717, 1.165) is 43.1 Å². The van der Waals surface area contributed by atoms with Gasteiger partial charge in [-0.25, -0.2) is 0 Å². The second-order valence-electron chi connectivity index (χ2n) is 5.00. The van der Waals surface area contributed by atoms with Crippen LogP contribution in [0.3, 0.4) is 0 Å². The van der Waals surface area contributed by atoms with E-state index in [4.69, 9.17) is 0 Å². The molecule has 0 atom stereocenters. The van der Waals surface area contributed by atoms with E-state index in [9.17, 15) is 4.79 Å². The summed E-state index contributed by atoms with van der Waals surface area (Å²) < 4.78 is 1.12. The van der Waals surface area contributed by atoms with Crippen molar-refractivity contribution >= 4 is 21.8 Å². The van der Waals surface area contributed by atoms with Gasteiger partial charge < -0.3 is 4.90 Å². The maximum atomic E-state index is 11.8. The van der Waals surface area contributed by atoms with Crippen LogP contribution in [0.1, 0.15) is 31.2 Å². The van der Waals surface area contributed by atoms with Crippen LogP contribution in [-0.2, 0) is 11.2 Å². The molecule has 1 aromatic carbocycles. The van der Waals surface area contributed by atoms with E-state index in [0.29, 0.717) is 5.91 Å². The predicted molar refractivity (Wildman–Crippen MR) is 75.1 cm³/mol. The number of carbonyl (C=O) groups is 1. The van der Waals surface area contributed by atoms with Crippen molar-refractivity contribution in [1.29, 1.82) is 0 Å². The third-order valence-corrected chi connectivity index (χ3v) is 4.34. The van der Waals surface area contributed by atoms with E-state index < -0.39 is 0 Å². The van der Waals surface area contributed by atoms with E-state index in [2.05, 4.69) is 40.2 Å². The third kappa shape index (κ3) is 2.24. The van der Waals surface area contributed by atoms with Crippen LogP contribution in [0.4, 0.5) is 0 Å². The van der Waals surface area contributed by atoms with Gasteiger partial charge in [-0.2, -0.15) is 0 Å². The molecule has 1 fully saturated rings. The van der Waals surface area contributed by atoms with Crippen molar-refractivity contribution < 1.29 is 4.79 Å². The SMILES string of the molecule is O=C1CCCC2=C(Cc3ccc(Br)cc3)CCN12. The number of halogens is 1. The van der Waals surface area contributed by atoms with Crippen LogP contribution in [0.25, 0.3) is 0 Å². The molecule has 0 unspecified atom stereocenters. The maximum absolute atomic E-state index is 11.8. The van der Waals surface area contributed by atoms with Crippen molar-refractivity contribution in [2.45, 2.75) is 32.1 Å². The minimum absolute atomic E-state index is 0.321. The summed E-state index contributed by atoms with van der Waals surface area (Å²) in [6.07, 6.45) is 4.88. The molecule has 1 aromatic rings. The Hall–Kier alpha value is -1.09. The van der Waals surface area contributed by atoms with Gasteiger partial charge in [0.25, 0.3) is 0 Å². The van der Waals surface area contributed by atoms with Crippen molar-refractivity contribution in [3.8, 4) is 0 Å². The fourth-order valence-electron chi connectivity index (χ4n) is 2.88. The van der Waals surface area contributed by atoms with Crippen LogP contribution >= 0.6 is 15.9 Å². The molecule has 3 rings (SSSR count). The Balaban J connectivity index is 1.82. The lowest BCUT2D eigenvalue weighted by Crippen LogP contribution is -2.31. The number of allylic oxidation sites excluding steroid dienone is 1. The minimum Gasteiger partial charge on any atom is -0.316 e. The van der Waals surface area contributed by atoms with E-state index in [-0.39, 0.29) is 0 Å². The highest BCUT2D eigenvalue weighted by atomic mass is 79.9. The summed E-state index contributed by atoms with van der Waals surface area (Å²) in [7, 11) is 0. The number of piperidine rings is 1. The Kier molecular flexibility index (Phi) is 3.25. The average molecular weight is 306 g/mol. The molecule has 2 aliphatic rings. The molecule has 0 bridgehead atoms. The predicted octanol–water partition coefficient (Wildman–Crippen LogP) is 3.66. The number of benzene rings is 1. The maximum Gasteiger partial charge on any atom is 0.226 e. The zero-order valence-corrected chi connectivity index (χ0v) is 11.9. The molecule has 0 N–H and O–H groups in total. The average Bonchev–Trinajstić information content (AvgIpc) is 2.77. The fraction of sp³-hybridized carbons (Fsp3) is 0.400. The summed E-state index contributed by atoms with van der Waals surface area (Å²) in [5.41, 5.74) is 4.11. The van der Waals surface area contributed by atoms with Gasteiger partial charge >= 0.3 is 0 Å². The normalized spacial score (nSPS) is 19.4. The summed E-state index contributed by atoms with van der Waals surface area (Å²) >= 11 is 3.46. The number of rotatable bonds is 2. The molecule has 1 amide bonds. The second-order valence-corrected chi connectivity index (χ2v) is 5.92. The van der Waals surface area contributed by atoms with Gasteiger partial charge in [0.1, 0.15) is 0 Å². The Morgan fingerprint density at radius 2 is 1.89 bits per heavy atom. The summed E-state index contributed by atoms with van der Waals surface area (Å²) in [6.45, 7) is 0.903. The van der Waals surface area contributed by atoms with Crippen LogP contribution in [0.15, 0.2) is 40.0 Å². The number of nitrogens with zero attached hydrogens (tertiary/aromatic N) is 1. The highest BCUT2D eigenvalue weighted by Crippen LogP contribution is 2.33. The van der Waals surface area contributed by atoms with Gasteiger partial charge in [0, 0.05) is 23.1 Å². The lowest BCUT2D eigenvalue weighted by atomic mass is 9.99. The van der Waals surface area contributed by atoms with Crippen molar-refractivity contribution in [3.63, 3.8) is 0 Å². The highest BCUT2D eigenvalue weighted by molar-refractivity contribution is 9.10. The molecule has 18 heavy (non-hydrogen) atoms. The van der Waals surface area contributed by atoms with Crippen LogP contribution in [0, 0.1) is 0 Å².